The molecule has 0 atom stereocenters. The van der Waals surface area contributed by atoms with E-state index in [2.05, 4.69) is 15.1 Å². The highest BCUT2D eigenvalue weighted by molar-refractivity contribution is 7.98. The van der Waals surface area contributed by atoms with Gasteiger partial charge < -0.3 is 14.4 Å². The average Bonchev–Trinajstić information content (AvgIpc) is 2.99. The van der Waals surface area contributed by atoms with Gasteiger partial charge in [0.05, 0.1) is 13.2 Å². The highest BCUT2D eigenvalue weighted by Crippen LogP contribution is 2.26. The second-order valence-electron chi connectivity index (χ2n) is 5.78. The van der Waals surface area contributed by atoms with Crippen LogP contribution in [-0.2, 0) is 17.5 Å². The zero-order valence-electron chi connectivity index (χ0n) is 14.2. The van der Waals surface area contributed by atoms with Crippen molar-refractivity contribution in [3.63, 3.8) is 0 Å². The summed E-state index contributed by atoms with van der Waals surface area (Å²) < 4.78 is 48.8. The minimum absolute atomic E-state index is 0.201. The SMILES string of the molecule is Cn1c(SCc2cccc(OCC(F)(F)F)c2)nnc1N1CCOCC1. The Morgan fingerprint density at radius 3 is 2.73 bits per heavy atom. The van der Waals surface area contributed by atoms with Gasteiger partial charge in [0.25, 0.3) is 0 Å². The first-order chi connectivity index (χ1) is 12.4. The quantitative estimate of drug-likeness (QED) is 0.710. The van der Waals surface area contributed by atoms with Crippen molar-refractivity contribution >= 4 is 17.7 Å². The number of thioether (sulfide) groups is 1. The molecule has 0 aliphatic carbocycles. The summed E-state index contributed by atoms with van der Waals surface area (Å²) in [6, 6.07) is 6.64. The largest absolute Gasteiger partial charge is 0.484 e. The van der Waals surface area contributed by atoms with E-state index in [0.717, 1.165) is 29.8 Å². The van der Waals surface area contributed by atoms with Crippen LogP contribution in [0.2, 0.25) is 0 Å². The molecule has 1 saturated heterocycles. The first kappa shape index (κ1) is 18.8. The molecule has 2 heterocycles. The summed E-state index contributed by atoms with van der Waals surface area (Å²) >= 11 is 1.47. The Morgan fingerprint density at radius 2 is 2.00 bits per heavy atom. The highest BCUT2D eigenvalue weighted by atomic mass is 32.2. The van der Waals surface area contributed by atoms with Crippen molar-refractivity contribution in [3.8, 4) is 5.75 Å². The molecular formula is C16H19F3N4O2S. The Morgan fingerprint density at radius 1 is 1.23 bits per heavy atom. The van der Waals surface area contributed by atoms with Crippen molar-refractivity contribution in [2.45, 2.75) is 17.1 Å². The lowest BCUT2D eigenvalue weighted by molar-refractivity contribution is -0.153. The van der Waals surface area contributed by atoms with Crippen LogP contribution in [0.5, 0.6) is 5.75 Å². The van der Waals surface area contributed by atoms with Crippen molar-refractivity contribution in [1.29, 1.82) is 0 Å². The van der Waals surface area contributed by atoms with E-state index in [0.29, 0.717) is 19.0 Å². The number of morpholine rings is 1. The Bertz CT molecular complexity index is 733. The molecule has 0 amide bonds. The number of benzene rings is 1. The van der Waals surface area contributed by atoms with Crippen LogP contribution >= 0.6 is 11.8 Å². The molecule has 1 aliphatic heterocycles. The normalized spacial score (nSPS) is 15.3. The van der Waals surface area contributed by atoms with Crippen molar-refractivity contribution in [3.05, 3.63) is 29.8 Å². The molecule has 0 saturated carbocycles. The average molecular weight is 388 g/mol. The molecule has 0 unspecified atom stereocenters. The fourth-order valence-corrected chi connectivity index (χ4v) is 3.36. The summed E-state index contributed by atoms with van der Waals surface area (Å²) in [5, 5.41) is 9.19. The third-order valence-corrected chi connectivity index (χ3v) is 4.87. The van der Waals surface area contributed by atoms with Crippen LogP contribution in [0.25, 0.3) is 0 Å². The minimum Gasteiger partial charge on any atom is -0.484 e. The molecule has 2 aromatic rings. The number of anilines is 1. The number of halogens is 3. The first-order valence-corrected chi connectivity index (χ1v) is 9.04. The number of nitrogens with zero attached hydrogens (tertiary/aromatic N) is 4. The summed E-state index contributed by atoms with van der Waals surface area (Å²) in [6.07, 6.45) is -4.35. The lowest BCUT2D eigenvalue weighted by atomic mass is 10.2. The van der Waals surface area contributed by atoms with E-state index in [1.54, 1.807) is 12.1 Å². The summed E-state index contributed by atoms with van der Waals surface area (Å²) in [5.41, 5.74) is 0.852. The van der Waals surface area contributed by atoms with Gasteiger partial charge in [-0.1, -0.05) is 23.9 Å². The molecule has 1 fully saturated rings. The summed E-state index contributed by atoms with van der Waals surface area (Å²) in [7, 11) is 1.90. The predicted molar refractivity (Wildman–Crippen MR) is 91.6 cm³/mol. The van der Waals surface area contributed by atoms with Crippen molar-refractivity contribution in [2.24, 2.45) is 7.05 Å². The number of aromatic nitrogens is 3. The molecule has 0 bridgehead atoms. The zero-order chi connectivity index (χ0) is 18.6. The molecule has 142 valence electrons. The molecular weight excluding hydrogens is 369 g/mol. The van der Waals surface area contributed by atoms with Gasteiger partial charge in [-0.3, -0.25) is 4.57 Å². The number of rotatable bonds is 6. The molecule has 0 spiro atoms. The number of alkyl halides is 3. The van der Waals surface area contributed by atoms with Gasteiger partial charge in [0, 0.05) is 25.9 Å². The lowest BCUT2D eigenvalue weighted by Gasteiger charge is -2.27. The maximum absolute atomic E-state index is 12.3. The summed E-state index contributed by atoms with van der Waals surface area (Å²) in [6.45, 7) is 1.58. The van der Waals surface area contributed by atoms with Crippen LogP contribution in [0.3, 0.4) is 0 Å². The third kappa shape index (κ3) is 5.04. The molecule has 3 rings (SSSR count). The predicted octanol–water partition coefficient (Wildman–Crippen LogP) is 2.89. The van der Waals surface area contributed by atoms with E-state index < -0.39 is 12.8 Å². The fourth-order valence-electron chi connectivity index (χ4n) is 2.51. The van der Waals surface area contributed by atoms with Gasteiger partial charge in [-0.2, -0.15) is 13.2 Å². The smallest absolute Gasteiger partial charge is 0.422 e. The Kier molecular flexibility index (Phi) is 5.92. The molecule has 26 heavy (non-hydrogen) atoms. The maximum atomic E-state index is 12.3. The van der Waals surface area contributed by atoms with Crippen LogP contribution in [0.4, 0.5) is 19.1 Å². The van der Waals surface area contributed by atoms with Crippen LogP contribution in [-0.4, -0.2) is 53.9 Å². The minimum atomic E-state index is -4.35. The van der Waals surface area contributed by atoms with Crippen LogP contribution < -0.4 is 9.64 Å². The van der Waals surface area contributed by atoms with Gasteiger partial charge in [0.2, 0.25) is 5.95 Å². The maximum Gasteiger partial charge on any atom is 0.422 e. The molecule has 1 aromatic carbocycles. The summed E-state index contributed by atoms with van der Waals surface area (Å²) in [4.78, 5) is 2.12. The molecule has 0 radical (unpaired) electrons. The van der Waals surface area contributed by atoms with Gasteiger partial charge in [-0.15, -0.1) is 10.2 Å². The van der Waals surface area contributed by atoms with Gasteiger partial charge in [-0.05, 0) is 17.7 Å². The zero-order valence-corrected chi connectivity index (χ0v) is 15.0. The Labute approximate surface area is 153 Å². The van der Waals surface area contributed by atoms with E-state index in [1.807, 2.05) is 17.7 Å². The van der Waals surface area contributed by atoms with Crippen LogP contribution in [0.1, 0.15) is 5.56 Å². The van der Waals surface area contributed by atoms with E-state index in [4.69, 9.17) is 9.47 Å². The molecule has 1 aromatic heterocycles. The lowest BCUT2D eigenvalue weighted by Crippen LogP contribution is -2.37. The number of hydrogen-bond donors (Lipinski definition) is 0. The molecule has 0 N–H and O–H groups in total. The number of ether oxygens (including phenoxy) is 2. The highest BCUT2D eigenvalue weighted by Gasteiger charge is 2.28. The first-order valence-electron chi connectivity index (χ1n) is 8.06. The topological polar surface area (TPSA) is 52.4 Å². The van der Waals surface area contributed by atoms with Gasteiger partial charge in [-0.25, -0.2) is 0 Å². The molecule has 10 heteroatoms. The van der Waals surface area contributed by atoms with Gasteiger partial charge in [0.1, 0.15) is 5.75 Å². The van der Waals surface area contributed by atoms with Crippen molar-refractivity contribution < 1.29 is 22.6 Å². The second-order valence-corrected chi connectivity index (χ2v) is 6.72. The fraction of sp³-hybridized carbons (Fsp3) is 0.500. The molecule has 6 nitrogen and oxygen atoms in total. The van der Waals surface area contributed by atoms with Gasteiger partial charge >= 0.3 is 6.18 Å². The van der Waals surface area contributed by atoms with Gasteiger partial charge in [0.15, 0.2) is 11.8 Å². The standard InChI is InChI=1S/C16H19F3N4O2S/c1-22-14(23-5-7-24-8-6-23)20-21-15(22)26-10-12-3-2-4-13(9-12)25-11-16(17,18)19/h2-4,9H,5-8,10-11H2,1H3. The molecule has 1 aliphatic rings. The van der Waals surface area contributed by atoms with E-state index in [-0.39, 0.29) is 5.75 Å². The number of hydrogen-bond acceptors (Lipinski definition) is 6. The third-order valence-electron chi connectivity index (χ3n) is 3.77. The monoisotopic (exact) mass is 388 g/mol. The van der Waals surface area contributed by atoms with Crippen LogP contribution in [0.15, 0.2) is 29.4 Å². The van der Waals surface area contributed by atoms with E-state index >= 15 is 0 Å². The van der Waals surface area contributed by atoms with E-state index in [9.17, 15) is 13.2 Å². The summed E-state index contributed by atoms with van der Waals surface area (Å²) in [5.74, 6) is 1.55. The van der Waals surface area contributed by atoms with E-state index in [1.165, 1.54) is 17.8 Å². The van der Waals surface area contributed by atoms with Crippen molar-refractivity contribution in [2.75, 3.05) is 37.8 Å². The second kappa shape index (κ2) is 8.17. The van der Waals surface area contributed by atoms with Crippen LogP contribution in [0, 0.1) is 0 Å². The Balaban J connectivity index is 1.60. The van der Waals surface area contributed by atoms with Crippen molar-refractivity contribution in [1.82, 2.24) is 14.8 Å². The Hall–Kier alpha value is -1.94.